The molecule has 3 radical (unpaired) electrons. The van der Waals surface area contributed by atoms with E-state index in [1.54, 1.807) is 5.57 Å². The monoisotopic (exact) mass is 141 g/mol. The summed E-state index contributed by atoms with van der Waals surface area (Å²) >= 11 is 0. The molecule has 0 aliphatic carbocycles. The summed E-state index contributed by atoms with van der Waals surface area (Å²) in [7, 11) is 8.43. The van der Waals surface area contributed by atoms with Gasteiger partial charge >= 0.3 is 0 Å². The van der Waals surface area contributed by atoms with Gasteiger partial charge in [0.1, 0.15) is 7.28 Å². The summed E-state index contributed by atoms with van der Waals surface area (Å²) in [6.07, 6.45) is 8.72. The van der Waals surface area contributed by atoms with Gasteiger partial charge in [-0.1, -0.05) is 36.4 Å². The van der Waals surface area contributed by atoms with Gasteiger partial charge in [-0.2, -0.15) is 0 Å². The smallest absolute Gasteiger partial charge is 0.0872 e. The third kappa shape index (κ3) is 1.43. The van der Waals surface area contributed by atoms with Crippen molar-refractivity contribution in [3.8, 4) is 0 Å². The standard InChI is InChI=1S/C8H12B3/c9-11-6-2-4-7-3-1-5-10-8(7)11/h4,8H,1-3,5-6H2. The number of hydrogen-bond donors (Lipinski definition) is 0. The Morgan fingerprint density at radius 3 is 3.36 bits per heavy atom. The zero-order chi connectivity index (χ0) is 7.68. The van der Waals surface area contributed by atoms with Crippen LogP contribution in [-0.2, 0) is 0 Å². The number of fused-ring (bicyclic) bond motifs is 1. The Labute approximate surface area is 71.5 Å². The van der Waals surface area contributed by atoms with Gasteiger partial charge in [0.25, 0.3) is 0 Å². The molecule has 1 saturated heterocycles. The van der Waals surface area contributed by atoms with Crippen LogP contribution in [0.5, 0.6) is 0 Å². The lowest BCUT2D eigenvalue weighted by atomic mass is 9.15. The molecule has 1 unspecified atom stereocenters. The second kappa shape index (κ2) is 3.12. The van der Waals surface area contributed by atoms with Crippen molar-refractivity contribution in [2.24, 2.45) is 0 Å². The summed E-state index contributed by atoms with van der Waals surface area (Å²) in [5, 5.41) is 0. The van der Waals surface area contributed by atoms with E-state index in [2.05, 4.69) is 13.4 Å². The lowest BCUT2D eigenvalue weighted by Gasteiger charge is -2.32. The van der Waals surface area contributed by atoms with Gasteiger partial charge in [0.05, 0.1) is 6.60 Å². The molecule has 0 spiro atoms. The Kier molecular flexibility index (Phi) is 2.15. The van der Waals surface area contributed by atoms with E-state index in [4.69, 9.17) is 7.74 Å². The van der Waals surface area contributed by atoms with Crippen LogP contribution in [0.4, 0.5) is 0 Å². The largest absolute Gasteiger partial charge is 0.108 e. The first-order valence-electron chi connectivity index (χ1n) is 4.66. The summed E-state index contributed by atoms with van der Waals surface area (Å²) < 4.78 is 0. The lowest BCUT2D eigenvalue weighted by molar-refractivity contribution is 0.827. The van der Waals surface area contributed by atoms with Gasteiger partial charge in [-0.15, -0.1) is 0 Å². The molecule has 2 heterocycles. The number of allylic oxidation sites excluding steroid dienone is 2. The quantitative estimate of drug-likeness (QED) is 0.355. The fourth-order valence-corrected chi connectivity index (χ4v) is 2.25. The predicted molar refractivity (Wildman–Crippen MR) is 52.6 cm³/mol. The Morgan fingerprint density at radius 1 is 1.64 bits per heavy atom. The predicted octanol–water partition coefficient (Wildman–Crippen LogP) is 1.72. The molecular weight excluding hydrogens is 129 g/mol. The summed E-state index contributed by atoms with van der Waals surface area (Å²) in [6.45, 7) is 0.426. The molecule has 53 valence electrons. The number of rotatable bonds is 0. The molecule has 2 aliphatic rings. The van der Waals surface area contributed by atoms with Gasteiger partial charge in [-0.05, 0) is 12.8 Å². The first kappa shape index (κ1) is 7.58. The Morgan fingerprint density at radius 2 is 2.55 bits per heavy atom. The molecule has 2 aliphatic heterocycles. The van der Waals surface area contributed by atoms with Crippen LogP contribution in [0.15, 0.2) is 11.6 Å². The Hall–Kier alpha value is -0.0652. The highest BCUT2D eigenvalue weighted by Gasteiger charge is 2.28. The van der Waals surface area contributed by atoms with Crippen molar-refractivity contribution in [1.29, 1.82) is 0 Å². The highest BCUT2D eigenvalue weighted by atomic mass is 14.1. The van der Waals surface area contributed by atoms with E-state index in [0.717, 1.165) is 0 Å². The zero-order valence-corrected chi connectivity index (χ0v) is 6.92. The molecule has 2 rings (SSSR count). The van der Waals surface area contributed by atoms with Crippen LogP contribution in [0.1, 0.15) is 19.3 Å². The molecule has 1 fully saturated rings. The van der Waals surface area contributed by atoms with Crippen molar-refractivity contribution in [2.45, 2.75) is 37.6 Å². The molecule has 1 atom stereocenters. The SMILES string of the molecule is [B]B1CCC=C2CCC[B]C12. The second-order valence-electron chi connectivity index (χ2n) is 3.67. The molecule has 11 heavy (non-hydrogen) atoms. The minimum atomic E-state index is 0.426. The van der Waals surface area contributed by atoms with Crippen molar-refractivity contribution < 1.29 is 0 Å². The first-order valence-corrected chi connectivity index (χ1v) is 4.66. The molecule has 0 bridgehead atoms. The van der Waals surface area contributed by atoms with Gasteiger partial charge in [-0.25, -0.2) is 0 Å². The van der Waals surface area contributed by atoms with E-state index in [9.17, 15) is 0 Å². The van der Waals surface area contributed by atoms with E-state index in [0.29, 0.717) is 12.3 Å². The maximum absolute atomic E-state index is 6.02. The van der Waals surface area contributed by atoms with Gasteiger partial charge in [0.2, 0.25) is 0 Å². The van der Waals surface area contributed by atoms with Crippen molar-refractivity contribution in [1.82, 2.24) is 0 Å². The number of hydrogen-bond acceptors (Lipinski definition) is 0. The minimum Gasteiger partial charge on any atom is -0.0872 e. The molecule has 0 aromatic carbocycles. The Bertz CT molecular complexity index is 176. The van der Waals surface area contributed by atoms with E-state index in [1.165, 1.54) is 31.9 Å². The zero-order valence-electron chi connectivity index (χ0n) is 6.92. The lowest BCUT2D eigenvalue weighted by Crippen LogP contribution is -2.31. The molecule has 0 N–H and O–H groups in total. The summed E-state index contributed by atoms with van der Waals surface area (Å²) in [6, 6.07) is 0. The fraction of sp³-hybridized carbons (Fsp3) is 0.750. The van der Waals surface area contributed by atoms with Gasteiger partial charge < -0.3 is 0 Å². The summed E-state index contributed by atoms with van der Waals surface area (Å²) in [4.78, 5) is 0. The molecule has 0 nitrogen and oxygen atoms in total. The topological polar surface area (TPSA) is 0 Å². The average Bonchev–Trinajstić information content (AvgIpc) is 2.06. The average molecular weight is 141 g/mol. The van der Waals surface area contributed by atoms with Crippen molar-refractivity contribution in [2.75, 3.05) is 0 Å². The van der Waals surface area contributed by atoms with E-state index in [1.807, 2.05) is 0 Å². The first-order chi connectivity index (χ1) is 5.38. The van der Waals surface area contributed by atoms with Crippen LogP contribution in [0.25, 0.3) is 0 Å². The maximum Gasteiger partial charge on any atom is 0.108 e. The van der Waals surface area contributed by atoms with E-state index >= 15 is 0 Å². The van der Waals surface area contributed by atoms with Crippen LogP contribution >= 0.6 is 0 Å². The normalized spacial score (nSPS) is 30.4. The van der Waals surface area contributed by atoms with Crippen LogP contribution in [0, 0.1) is 0 Å². The summed E-state index contributed by atoms with van der Waals surface area (Å²) in [5.41, 5.74) is 2.26. The van der Waals surface area contributed by atoms with Crippen LogP contribution < -0.4 is 0 Å². The van der Waals surface area contributed by atoms with Crippen molar-refractivity contribution in [3.05, 3.63) is 11.6 Å². The highest BCUT2D eigenvalue weighted by molar-refractivity contribution is 7.08. The van der Waals surface area contributed by atoms with Gasteiger partial charge in [0, 0.05) is 7.74 Å². The highest BCUT2D eigenvalue weighted by Crippen LogP contribution is 2.35. The maximum atomic E-state index is 6.02. The van der Waals surface area contributed by atoms with E-state index < -0.39 is 0 Å². The van der Waals surface area contributed by atoms with Gasteiger partial charge in [-0.3, -0.25) is 0 Å². The Balaban J connectivity index is 2.13. The molecular formula is C8H12B3. The molecule has 0 aromatic heterocycles. The summed E-state index contributed by atoms with van der Waals surface area (Å²) in [5.74, 6) is 0. The van der Waals surface area contributed by atoms with Crippen LogP contribution in [0.2, 0.25) is 18.4 Å². The molecule has 3 heteroatoms. The third-order valence-electron chi connectivity index (χ3n) is 2.89. The fourth-order valence-electron chi connectivity index (χ4n) is 2.25. The third-order valence-corrected chi connectivity index (χ3v) is 2.89. The molecule has 0 saturated carbocycles. The van der Waals surface area contributed by atoms with E-state index in [-0.39, 0.29) is 0 Å². The van der Waals surface area contributed by atoms with Crippen LogP contribution in [0.3, 0.4) is 0 Å². The molecule has 0 aromatic rings. The second-order valence-corrected chi connectivity index (χ2v) is 3.67. The van der Waals surface area contributed by atoms with Crippen molar-refractivity contribution in [3.63, 3.8) is 0 Å². The minimum absolute atomic E-state index is 0.426. The van der Waals surface area contributed by atoms with Crippen LogP contribution in [-0.4, -0.2) is 21.6 Å². The van der Waals surface area contributed by atoms with Crippen molar-refractivity contribution >= 4 is 21.6 Å². The molecule has 0 amide bonds. The van der Waals surface area contributed by atoms with Gasteiger partial charge in [0.15, 0.2) is 0 Å².